The summed E-state index contributed by atoms with van der Waals surface area (Å²) >= 11 is 4.73. The predicted octanol–water partition coefficient (Wildman–Crippen LogP) is 2.97. The van der Waals surface area contributed by atoms with Gasteiger partial charge in [-0.2, -0.15) is 5.10 Å². The molecule has 0 aliphatic carbocycles. The number of anilines is 1. The SMILES string of the molecule is NC(=S)N/N=C/c1ccc(-c2ccc(N3CCN(Cc4ccc5c(c4)OCO5)CC3)nc2)cc1. The molecule has 3 N–H and O–H groups in total. The van der Waals surface area contributed by atoms with Crippen molar-refractivity contribution < 1.29 is 9.47 Å². The highest BCUT2D eigenvalue weighted by molar-refractivity contribution is 7.80. The van der Waals surface area contributed by atoms with Crippen molar-refractivity contribution in [3.05, 3.63) is 71.9 Å². The zero-order chi connectivity index (χ0) is 23.3. The monoisotopic (exact) mass is 474 g/mol. The average Bonchev–Trinajstić information content (AvgIpc) is 3.33. The van der Waals surface area contributed by atoms with Crippen molar-refractivity contribution in [3.63, 3.8) is 0 Å². The van der Waals surface area contributed by atoms with Crippen molar-refractivity contribution in [3.8, 4) is 22.6 Å². The van der Waals surface area contributed by atoms with Crippen LogP contribution in [-0.2, 0) is 6.54 Å². The number of rotatable bonds is 6. The van der Waals surface area contributed by atoms with Gasteiger partial charge in [0, 0.05) is 44.5 Å². The molecule has 2 aliphatic heterocycles. The predicted molar refractivity (Wildman–Crippen MR) is 137 cm³/mol. The zero-order valence-corrected chi connectivity index (χ0v) is 19.5. The molecule has 5 rings (SSSR count). The van der Waals surface area contributed by atoms with Crippen LogP contribution in [0.4, 0.5) is 5.82 Å². The van der Waals surface area contributed by atoms with Crippen LogP contribution in [0.5, 0.6) is 11.5 Å². The fourth-order valence-corrected chi connectivity index (χ4v) is 4.16. The molecule has 34 heavy (non-hydrogen) atoms. The first kappa shape index (κ1) is 22.1. The first-order valence-corrected chi connectivity index (χ1v) is 11.6. The molecule has 0 radical (unpaired) electrons. The Morgan fingerprint density at radius 1 is 1.00 bits per heavy atom. The van der Waals surface area contributed by atoms with Crippen LogP contribution >= 0.6 is 12.2 Å². The average molecular weight is 475 g/mol. The van der Waals surface area contributed by atoms with Crippen LogP contribution in [0.1, 0.15) is 11.1 Å². The highest BCUT2D eigenvalue weighted by atomic mass is 32.1. The summed E-state index contributed by atoms with van der Waals surface area (Å²) in [5, 5.41) is 4.12. The number of nitrogens with zero attached hydrogens (tertiary/aromatic N) is 4. The number of hydrogen-bond donors (Lipinski definition) is 2. The van der Waals surface area contributed by atoms with Gasteiger partial charge in [0.05, 0.1) is 6.21 Å². The second kappa shape index (κ2) is 10.1. The molecule has 174 valence electrons. The molecule has 0 atom stereocenters. The van der Waals surface area contributed by atoms with Gasteiger partial charge in [-0.1, -0.05) is 30.3 Å². The third-order valence-electron chi connectivity index (χ3n) is 5.92. The molecule has 1 saturated heterocycles. The summed E-state index contributed by atoms with van der Waals surface area (Å²) in [6.45, 7) is 5.10. The van der Waals surface area contributed by atoms with E-state index in [1.54, 1.807) is 6.21 Å². The van der Waals surface area contributed by atoms with Gasteiger partial charge in [0.1, 0.15) is 5.82 Å². The lowest BCUT2D eigenvalue weighted by atomic mass is 10.1. The fraction of sp³-hybridized carbons (Fsp3) is 0.240. The van der Waals surface area contributed by atoms with Crippen molar-refractivity contribution in [2.45, 2.75) is 6.54 Å². The molecule has 9 heteroatoms. The number of aromatic nitrogens is 1. The number of nitrogens with two attached hydrogens (primary N) is 1. The van der Waals surface area contributed by atoms with Crippen molar-refractivity contribution in [1.29, 1.82) is 0 Å². The van der Waals surface area contributed by atoms with Gasteiger partial charge >= 0.3 is 0 Å². The highest BCUT2D eigenvalue weighted by Crippen LogP contribution is 2.33. The standard InChI is InChI=1S/C25H26N6O2S/c26-25(34)29-28-14-18-1-4-20(5-2-18)21-6-8-24(27-15-21)31-11-9-30(10-12-31)16-19-3-7-22-23(13-19)33-17-32-22/h1-8,13-15H,9-12,16-17H2,(H3,26,29,34)/b28-14+. The molecule has 1 fully saturated rings. The van der Waals surface area contributed by atoms with E-state index in [1.807, 2.05) is 36.5 Å². The van der Waals surface area contributed by atoms with Crippen LogP contribution in [-0.4, -0.2) is 54.2 Å². The Balaban J connectivity index is 1.15. The molecular formula is C25H26N6O2S. The lowest BCUT2D eigenvalue weighted by Gasteiger charge is -2.35. The number of fused-ring (bicyclic) bond motifs is 1. The Labute approximate surface area is 204 Å². The maximum absolute atomic E-state index is 5.50. The second-order valence-electron chi connectivity index (χ2n) is 8.21. The molecule has 3 heterocycles. The molecule has 2 aromatic carbocycles. The van der Waals surface area contributed by atoms with Crippen LogP contribution in [0.3, 0.4) is 0 Å². The minimum Gasteiger partial charge on any atom is -0.454 e. The number of piperazine rings is 1. The number of pyridine rings is 1. The zero-order valence-electron chi connectivity index (χ0n) is 18.7. The fourth-order valence-electron chi connectivity index (χ4n) is 4.11. The molecule has 8 nitrogen and oxygen atoms in total. The molecule has 1 aromatic heterocycles. The van der Waals surface area contributed by atoms with E-state index in [9.17, 15) is 0 Å². The van der Waals surface area contributed by atoms with Crippen LogP contribution in [0.2, 0.25) is 0 Å². The van der Waals surface area contributed by atoms with Gasteiger partial charge < -0.3 is 20.1 Å². The Bertz CT molecular complexity index is 1180. The summed E-state index contributed by atoms with van der Waals surface area (Å²) in [4.78, 5) is 9.53. The Morgan fingerprint density at radius 2 is 1.76 bits per heavy atom. The van der Waals surface area contributed by atoms with Crippen LogP contribution in [0, 0.1) is 0 Å². The highest BCUT2D eigenvalue weighted by Gasteiger charge is 2.20. The van der Waals surface area contributed by atoms with E-state index >= 15 is 0 Å². The molecule has 2 aliphatic rings. The van der Waals surface area contributed by atoms with Crippen molar-refractivity contribution >= 4 is 29.4 Å². The number of thiocarbonyl (C=S) groups is 1. The normalized spacial score (nSPS) is 15.6. The summed E-state index contributed by atoms with van der Waals surface area (Å²) in [6, 6.07) is 18.5. The number of nitrogens with one attached hydrogen (secondary N) is 1. The van der Waals surface area contributed by atoms with Crippen LogP contribution in [0.25, 0.3) is 11.1 Å². The summed E-state index contributed by atoms with van der Waals surface area (Å²) < 4.78 is 10.9. The first-order chi connectivity index (χ1) is 16.6. The van der Waals surface area contributed by atoms with Gasteiger partial charge in [-0.05, 0) is 53.2 Å². The van der Waals surface area contributed by atoms with Crippen LogP contribution in [0.15, 0.2) is 65.9 Å². The minimum absolute atomic E-state index is 0.144. The lowest BCUT2D eigenvalue weighted by Crippen LogP contribution is -2.46. The Hall–Kier alpha value is -3.69. The molecule has 0 saturated carbocycles. The number of hydrogen-bond acceptors (Lipinski definition) is 7. The summed E-state index contributed by atoms with van der Waals surface area (Å²) in [5.74, 6) is 2.69. The minimum atomic E-state index is 0.144. The maximum atomic E-state index is 5.50. The van der Waals surface area contributed by atoms with Gasteiger partial charge in [-0.25, -0.2) is 4.98 Å². The third kappa shape index (κ3) is 5.27. The molecular weight excluding hydrogens is 448 g/mol. The number of ether oxygens (including phenoxy) is 2. The summed E-state index contributed by atoms with van der Waals surface area (Å²) in [7, 11) is 0. The Kier molecular flexibility index (Phi) is 6.55. The second-order valence-corrected chi connectivity index (χ2v) is 8.65. The van der Waals surface area contributed by atoms with Crippen molar-refractivity contribution in [1.82, 2.24) is 15.3 Å². The molecule has 0 spiro atoms. The van der Waals surface area contributed by atoms with E-state index in [0.29, 0.717) is 6.79 Å². The topological polar surface area (TPSA) is 88.2 Å². The van der Waals surface area contributed by atoms with E-state index in [1.165, 1.54) is 5.56 Å². The van der Waals surface area contributed by atoms with Gasteiger partial charge in [0.15, 0.2) is 16.6 Å². The summed E-state index contributed by atoms with van der Waals surface area (Å²) in [5.41, 5.74) is 12.3. The molecule has 0 bridgehead atoms. The lowest BCUT2D eigenvalue weighted by molar-refractivity contribution is 0.174. The quantitative estimate of drug-likeness (QED) is 0.320. The van der Waals surface area contributed by atoms with E-state index < -0.39 is 0 Å². The van der Waals surface area contributed by atoms with Crippen molar-refractivity contribution in [2.24, 2.45) is 10.8 Å². The number of benzene rings is 2. The van der Waals surface area contributed by atoms with E-state index in [2.05, 4.69) is 44.6 Å². The number of hydrazone groups is 1. The Morgan fingerprint density at radius 3 is 2.50 bits per heavy atom. The van der Waals surface area contributed by atoms with Crippen molar-refractivity contribution in [2.75, 3.05) is 37.9 Å². The largest absolute Gasteiger partial charge is 0.454 e. The van der Waals surface area contributed by atoms with E-state index in [-0.39, 0.29) is 5.11 Å². The smallest absolute Gasteiger partial charge is 0.231 e. The van der Waals surface area contributed by atoms with Gasteiger partial charge in [0.25, 0.3) is 0 Å². The van der Waals surface area contributed by atoms with Gasteiger partial charge in [-0.15, -0.1) is 0 Å². The summed E-state index contributed by atoms with van der Waals surface area (Å²) in [6.07, 6.45) is 3.61. The van der Waals surface area contributed by atoms with E-state index in [0.717, 1.165) is 66.7 Å². The van der Waals surface area contributed by atoms with E-state index in [4.69, 9.17) is 32.4 Å². The van der Waals surface area contributed by atoms with Gasteiger partial charge in [-0.3, -0.25) is 10.3 Å². The van der Waals surface area contributed by atoms with Gasteiger partial charge in [0.2, 0.25) is 6.79 Å². The maximum Gasteiger partial charge on any atom is 0.231 e. The first-order valence-electron chi connectivity index (χ1n) is 11.1. The molecule has 0 unspecified atom stereocenters. The third-order valence-corrected chi connectivity index (χ3v) is 6.01. The molecule has 0 amide bonds. The molecule has 3 aromatic rings. The van der Waals surface area contributed by atoms with Crippen LogP contribution < -0.4 is 25.5 Å².